The second-order valence-corrected chi connectivity index (χ2v) is 4.21. The summed E-state index contributed by atoms with van der Waals surface area (Å²) in [5.74, 6) is 0.164. The molecular formula is C12H8ClF2N3O3. The standard InChI is InChI=1S/C12H8ClF2N3O3/c13-10-5-8(18(19)20)6-11(17-10)16-7-1-3-9(4-2-7)21-12(14)15/h1-6,12H,(H,16,17). The van der Waals surface area contributed by atoms with Gasteiger partial charge in [-0.15, -0.1) is 0 Å². The number of nitro groups is 1. The molecule has 0 unspecified atom stereocenters. The van der Waals surface area contributed by atoms with Crippen molar-refractivity contribution in [2.45, 2.75) is 6.61 Å². The molecule has 0 spiro atoms. The normalized spacial score (nSPS) is 10.5. The topological polar surface area (TPSA) is 77.3 Å². The van der Waals surface area contributed by atoms with Gasteiger partial charge in [0.25, 0.3) is 5.69 Å². The highest BCUT2D eigenvalue weighted by molar-refractivity contribution is 6.29. The lowest BCUT2D eigenvalue weighted by atomic mass is 10.3. The van der Waals surface area contributed by atoms with E-state index in [1.807, 2.05) is 0 Å². The summed E-state index contributed by atoms with van der Waals surface area (Å²) >= 11 is 5.68. The van der Waals surface area contributed by atoms with E-state index in [-0.39, 0.29) is 22.4 Å². The van der Waals surface area contributed by atoms with Crippen molar-refractivity contribution in [3.05, 3.63) is 51.7 Å². The largest absolute Gasteiger partial charge is 0.435 e. The van der Waals surface area contributed by atoms with Crippen LogP contribution in [0.2, 0.25) is 5.15 Å². The molecule has 1 aromatic carbocycles. The third-order valence-electron chi connectivity index (χ3n) is 2.34. The van der Waals surface area contributed by atoms with Gasteiger partial charge in [-0.2, -0.15) is 8.78 Å². The summed E-state index contributed by atoms with van der Waals surface area (Å²) < 4.78 is 28.2. The van der Waals surface area contributed by atoms with Crippen LogP contribution in [0.5, 0.6) is 5.75 Å². The van der Waals surface area contributed by atoms with E-state index >= 15 is 0 Å². The first-order valence-electron chi connectivity index (χ1n) is 5.58. The number of anilines is 2. The fourth-order valence-corrected chi connectivity index (χ4v) is 1.72. The van der Waals surface area contributed by atoms with Crippen molar-refractivity contribution in [2.24, 2.45) is 0 Å². The van der Waals surface area contributed by atoms with Crippen LogP contribution >= 0.6 is 11.6 Å². The van der Waals surface area contributed by atoms with Gasteiger partial charge in [-0.3, -0.25) is 10.1 Å². The van der Waals surface area contributed by atoms with Crippen LogP contribution in [0, 0.1) is 10.1 Å². The summed E-state index contributed by atoms with van der Waals surface area (Å²) in [7, 11) is 0. The summed E-state index contributed by atoms with van der Waals surface area (Å²) in [4.78, 5) is 14.0. The second kappa shape index (κ2) is 6.31. The van der Waals surface area contributed by atoms with Crippen molar-refractivity contribution in [2.75, 3.05) is 5.32 Å². The van der Waals surface area contributed by atoms with Crippen LogP contribution in [0.1, 0.15) is 0 Å². The van der Waals surface area contributed by atoms with Gasteiger partial charge >= 0.3 is 6.61 Å². The molecule has 0 amide bonds. The van der Waals surface area contributed by atoms with Gasteiger partial charge < -0.3 is 10.1 Å². The quantitative estimate of drug-likeness (QED) is 0.513. The van der Waals surface area contributed by atoms with Crippen molar-refractivity contribution < 1.29 is 18.4 Å². The average molecular weight is 316 g/mol. The minimum Gasteiger partial charge on any atom is -0.435 e. The zero-order valence-electron chi connectivity index (χ0n) is 10.3. The molecule has 2 aromatic rings. The minimum atomic E-state index is -2.90. The van der Waals surface area contributed by atoms with Gasteiger partial charge in [0.15, 0.2) is 0 Å². The van der Waals surface area contributed by atoms with Gasteiger partial charge in [-0.25, -0.2) is 4.98 Å². The number of hydrogen-bond acceptors (Lipinski definition) is 5. The Balaban J connectivity index is 2.16. The van der Waals surface area contributed by atoms with E-state index in [0.717, 1.165) is 6.07 Å². The van der Waals surface area contributed by atoms with Gasteiger partial charge in [0.1, 0.15) is 16.7 Å². The van der Waals surface area contributed by atoms with Crippen LogP contribution in [0.4, 0.5) is 26.0 Å². The smallest absolute Gasteiger partial charge is 0.387 e. The van der Waals surface area contributed by atoms with Gasteiger partial charge in [0, 0.05) is 5.69 Å². The molecule has 110 valence electrons. The summed E-state index contributed by atoms with van der Waals surface area (Å²) in [6.07, 6.45) is 0. The number of benzene rings is 1. The SMILES string of the molecule is O=[N+]([O-])c1cc(Cl)nc(Nc2ccc(OC(F)F)cc2)c1. The number of nitrogens with zero attached hydrogens (tertiary/aromatic N) is 2. The monoisotopic (exact) mass is 315 g/mol. The Labute approximate surface area is 122 Å². The van der Waals surface area contributed by atoms with Crippen molar-refractivity contribution in [1.82, 2.24) is 4.98 Å². The first-order valence-corrected chi connectivity index (χ1v) is 5.96. The molecule has 0 aliphatic rings. The molecule has 0 aliphatic carbocycles. The van der Waals surface area contributed by atoms with Crippen molar-refractivity contribution in [1.29, 1.82) is 0 Å². The number of rotatable bonds is 5. The predicted octanol–water partition coefficient (Wildman–Crippen LogP) is 3.99. The molecule has 9 heteroatoms. The molecule has 0 bridgehead atoms. The Kier molecular flexibility index (Phi) is 4.49. The summed E-state index contributed by atoms with van der Waals surface area (Å²) in [6.45, 7) is -2.90. The minimum absolute atomic E-state index is 0.000541. The summed E-state index contributed by atoms with van der Waals surface area (Å²) in [6, 6.07) is 7.90. The molecule has 1 heterocycles. The van der Waals surface area contributed by atoms with Crippen molar-refractivity contribution >= 4 is 28.8 Å². The maximum atomic E-state index is 12.0. The lowest BCUT2D eigenvalue weighted by Gasteiger charge is -2.08. The average Bonchev–Trinajstić information content (AvgIpc) is 2.39. The van der Waals surface area contributed by atoms with Crippen LogP contribution < -0.4 is 10.1 Å². The first kappa shape index (κ1) is 14.9. The number of alkyl halides is 2. The highest BCUT2D eigenvalue weighted by Gasteiger charge is 2.10. The fourth-order valence-electron chi connectivity index (χ4n) is 1.52. The maximum Gasteiger partial charge on any atom is 0.387 e. The Bertz CT molecular complexity index is 653. The van der Waals surface area contributed by atoms with E-state index < -0.39 is 11.5 Å². The Morgan fingerprint density at radius 3 is 2.52 bits per heavy atom. The van der Waals surface area contributed by atoms with E-state index in [4.69, 9.17) is 11.6 Å². The molecule has 0 fully saturated rings. The third kappa shape index (κ3) is 4.25. The van der Waals surface area contributed by atoms with Crippen molar-refractivity contribution in [3.63, 3.8) is 0 Å². The summed E-state index contributed by atoms with van der Waals surface area (Å²) in [5.41, 5.74) is 0.274. The van der Waals surface area contributed by atoms with E-state index in [9.17, 15) is 18.9 Å². The Hall–Kier alpha value is -2.48. The fraction of sp³-hybridized carbons (Fsp3) is 0.0833. The van der Waals surface area contributed by atoms with Crippen molar-refractivity contribution in [3.8, 4) is 5.75 Å². The number of nitrogens with one attached hydrogen (secondary N) is 1. The maximum absolute atomic E-state index is 12.0. The lowest BCUT2D eigenvalue weighted by Crippen LogP contribution is -2.02. The predicted molar refractivity (Wildman–Crippen MR) is 72.3 cm³/mol. The second-order valence-electron chi connectivity index (χ2n) is 3.82. The molecule has 1 aromatic heterocycles. The van der Waals surface area contributed by atoms with Gasteiger partial charge in [0.05, 0.1) is 17.1 Å². The third-order valence-corrected chi connectivity index (χ3v) is 2.54. The highest BCUT2D eigenvalue weighted by atomic mass is 35.5. The Morgan fingerprint density at radius 1 is 1.29 bits per heavy atom. The summed E-state index contributed by atoms with van der Waals surface area (Å²) in [5, 5.41) is 13.4. The van der Waals surface area contributed by atoms with Crippen LogP contribution in [0.3, 0.4) is 0 Å². The molecule has 0 atom stereocenters. The van der Waals surface area contributed by atoms with Crippen LogP contribution in [-0.4, -0.2) is 16.5 Å². The highest BCUT2D eigenvalue weighted by Crippen LogP contribution is 2.24. The number of pyridine rings is 1. The number of hydrogen-bond donors (Lipinski definition) is 1. The first-order chi connectivity index (χ1) is 9.94. The Morgan fingerprint density at radius 2 is 1.95 bits per heavy atom. The molecule has 1 N–H and O–H groups in total. The van der Waals surface area contributed by atoms with Crippen LogP contribution in [0.25, 0.3) is 0 Å². The molecule has 0 saturated heterocycles. The van der Waals surface area contributed by atoms with Crippen LogP contribution in [0.15, 0.2) is 36.4 Å². The van der Waals surface area contributed by atoms with Crippen LogP contribution in [-0.2, 0) is 0 Å². The van der Waals surface area contributed by atoms with E-state index in [1.165, 1.54) is 30.3 Å². The molecular weight excluding hydrogens is 308 g/mol. The van der Waals surface area contributed by atoms with E-state index in [0.29, 0.717) is 5.69 Å². The molecule has 0 saturated carbocycles. The lowest BCUT2D eigenvalue weighted by molar-refractivity contribution is -0.384. The molecule has 2 rings (SSSR count). The zero-order chi connectivity index (χ0) is 15.4. The number of ether oxygens (including phenoxy) is 1. The zero-order valence-corrected chi connectivity index (χ0v) is 11.1. The van der Waals surface area contributed by atoms with E-state index in [2.05, 4.69) is 15.0 Å². The van der Waals surface area contributed by atoms with Gasteiger partial charge in [-0.1, -0.05) is 11.6 Å². The molecule has 0 aliphatic heterocycles. The molecule has 6 nitrogen and oxygen atoms in total. The number of aromatic nitrogens is 1. The van der Waals surface area contributed by atoms with Gasteiger partial charge in [-0.05, 0) is 24.3 Å². The number of halogens is 3. The molecule has 0 radical (unpaired) electrons. The van der Waals surface area contributed by atoms with Gasteiger partial charge in [0.2, 0.25) is 0 Å². The molecule has 21 heavy (non-hydrogen) atoms. The van der Waals surface area contributed by atoms with E-state index in [1.54, 1.807) is 0 Å².